The molecule has 0 spiro atoms. The Bertz CT molecular complexity index is 400. The lowest BCUT2D eigenvalue weighted by atomic mass is 10.7. The molecule has 10 heavy (non-hydrogen) atoms. The first kappa shape index (κ1) is 5.22. The summed E-state index contributed by atoms with van der Waals surface area (Å²) in [6.45, 7) is 0. The van der Waals surface area contributed by atoms with E-state index in [1.807, 2.05) is 0 Å². The summed E-state index contributed by atoms with van der Waals surface area (Å²) in [5, 5.41) is 7.11. The van der Waals surface area contributed by atoms with Crippen molar-refractivity contribution in [1.29, 1.82) is 5.41 Å². The lowest BCUT2D eigenvalue weighted by Crippen LogP contribution is -1.97. The maximum Gasteiger partial charge on any atom is 0.225 e. The third-order valence-corrected chi connectivity index (χ3v) is 1.23. The SMILES string of the molecule is N=c1ccn2cncc2o1. The summed E-state index contributed by atoms with van der Waals surface area (Å²) in [5.74, 6) is 0. The average molecular weight is 135 g/mol. The average Bonchev–Trinajstić information content (AvgIpc) is 2.33. The number of rotatable bonds is 0. The predicted octanol–water partition coefficient (Wildman–Crippen LogP) is 0.407. The van der Waals surface area contributed by atoms with Crippen molar-refractivity contribution in [2.45, 2.75) is 0 Å². The number of hydrogen-bond acceptors (Lipinski definition) is 3. The van der Waals surface area contributed by atoms with Crippen LogP contribution in [-0.4, -0.2) is 9.38 Å². The summed E-state index contributed by atoms with van der Waals surface area (Å²) in [4.78, 5) is 3.83. The van der Waals surface area contributed by atoms with Gasteiger partial charge in [0, 0.05) is 12.3 Å². The number of nitrogens with zero attached hydrogens (tertiary/aromatic N) is 2. The Labute approximate surface area is 56.3 Å². The van der Waals surface area contributed by atoms with E-state index < -0.39 is 0 Å². The van der Waals surface area contributed by atoms with Crippen molar-refractivity contribution in [1.82, 2.24) is 9.38 Å². The number of hydrogen-bond donors (Lipinski definition) is 1. The highest BCUT2D eigenvalue weighted by molar-refractivity contribution is 5.28. The highest BCUT2D eigenvalue weighted by Gasteiger charge is 1.90. The van der Waals surface area contributed by atoms with Gasteiger partial charge in [0.2, 0.25) is 11.3 Å². The van der Waals surface area contributed by atoms with Crippen LogP contribution in [0.2, 0.25) is 0 Å². The molecule has 0 amide bonds. The zero-order valence-electron chi connectivity index (χ0n) is 5.11. The van der Waals surface area contributed by atoms with Crippen LogP contribution in [0.25, 0.3) is 5.71 Å². The van der Waals surface area contributed by atoms with Crippen molar-refractivity contribution >= 4 is 5.71 Å². The molecule has 0 aliphatic carbocycles. The van der Waals surface area contributed by atoms with Gasteiger partial charge < -0.3 is 4.42 Å². The second-order valence-corrected chi connectivity index (χ2v) is 1.92. The molecule has 0 bridgehead atoms. The lowest BCUT2D eigenvalue weighted by molar-refractivity contribution is 0.511. The van der Waals surface area contributed by atoms with E-state index in [1.165, 1.54) is 0 Å². The van der Waals surface area contributed by atoms with Gasteiger partial charge in [0.1, 0.15) is 6.33 Å². The Balaban J connectivity index is 2.99. The zero-order chi connectivity index (χ0) is 6.97. The lowest BCUT2D eigenvalue weighted by Gasteiger charge is -1.87. The van der Waals surface area contributed by atoms with E-state index in [0.717, 1.165) is 0 Å². The van der Waals surface area contributed by atoms with Gasteiger partial charge in [-0.3, -0.25) is 9.81 Å². The van der Waals surface area contributed by atoms with Crippen LogP contribution in [0.4, 0.5) is 0 Å². The van der Waals surface area contributed by atoms with Crippen LogP contribution in [0.15, 0.2) is 29.2 Å². The van der Waals surface area contributed by atoms with Crippen LogP contribution in [0, 0.1) is 5.41 Å². The fourth-order valence-corrected chi connectivity index (χ4v) is 0.778. The van der Waals surface area contributed by atoms with Crippen LogP contribution in [0.1, 0.15) is 0 Å². The van der Waals surface area contributed by atoms with Crippen LogP contribution in [-0.2, 0) is 0 Å². The summed E-state index contributed by atoms with van der Waals surface area (Å²) in [5.41, 5.74) is 0.737. The molecule has 4 heteroatoms. The van der Waals surface area contributed by atoms with E-state index in [1.54, 1.807) is 29.2 Å². The Hall–Kier alpha value is -1.58. The third kappa shape index (κ3) is 0.621. The van der Waals surface area contributed by atoms with Crippen molar-refractivity contribution in [3.63, 3.8) is 0 Å². The van der Waals surface area contributed by atoms with E-state index in [9.17, 15) is 0 Å². The molecule has 0 atom stereocenters. The molecule has 0 aliphatic heterocycles. The van der Waals surface area contributed by atoms with Gasteiger partial charge >= 0.3 is 0 Å². The fourth-order valence-electron chi connectivity index (χ4n) is 0.778. The van der Waals surface area contributed by atoms with Crippen molar-refractivity contribution in [3.8, 4) is 0 Å². The van der Waals surface area contributed by atoms with Gasteiger partial charge in [-0.15, -0.1) is 0 Å². The van der Waals surface area contributed by atoms with Crippen molar-refractivity contribution < 1.29 is 4.42 Å². The molecule has 1 N–H and O–H groups in total. The number of aromatic nitrogens is 2. The van der Waals surface area contributed by atoms with Crippen molar-refractivity contribution in [3.05, 3.63) is 30.3 Å². The molecule has 2 rings (SSSR count). The van der Waals surface area contributed by atoms with Crippen molar-refractivity contribution in [2.24, 2.45) is 0 Å². The van der Waals surface area contributed by atoms with Crippen LogP contribution in [0.5, 0.6) is 0 Å². The maximum atomic E-state index is 7.11. The fraction of sp³-hybridized carbons (Fsp3) is 0. The first-order valence-corrected chi connectivity index (χ1v) is 2.83. The summed E-state index contributed by atoms with van der Waals surface area (Å²) in [6.07, 6.45) is 4.92. The largest absolute Gasteiger partial charge is 0.421 e. The molecule has 2 aromatic heterocycles. The second kappa shape index (κ2) is 1.70. The van der Waals surface area contributed by atoms with Gasteiger partial charge in [-0.25, -0.2) is 4.98 Å². The van der Waals surface area contributed by atoms with Crippen molar-refractivity contribution in [2.75, 3.05) is 0 Å². The van der Waals surface area contributed by atoms with E-state index >= 15 is 0 Å². The van der Waals surface area contributed by atoms with Gasteiger partial charge in [-0.2, -0.15) is 0 Å². The minimum atomic E-state index is 0.146. The van der Waals surface area contributed by atoms with Gasteiger partial charge in [0.25, 0.3) is 0 Å². The predicted molar refractivity (Wildman–Crippen MR) is 33.3 cm³/mol. The Morgan fingerprint density at radius 1 is 1.60 bits per heavy atom. The highest BCUT2D eigenvalue weighted by Crippen LogP contribution is 1.94. The van der Waals surface area contributed by atoms with Gasteiger partial charge in [-0.1, -0.05) is 0 Å². The smallest absolute Gasteiger partial charge is 0.225 e. The first-order chi connectivity index (χ1) is 4.86. The summed E-state index contributed by atoms with van der Waals surface area (Å²) < 4.78 is 6.68. The topological polar surface area (TPSA) is 54.3 Å². The third-order valence-electron chi connectivity index (χ3n) is 1.23. The maximum absolute atomic E-state index is 7.11. The molecule has 2 heterocycles. The Morgan fingerprint density at radius 3 is 3.40 bits per heavy atom. The molecule has 0 saturated carbocycles. The first-order valence-electron chi connectivity index (χ1n) is 2.83. The molecule has 0 fully saturated rings. The molecule has 50 valence electrons. The summed E-state index contributed by atoms with van der Waals surface area (Å²) >= 11 is 0. The van der Waals surface area contributed by atoms with Gasteiger partial charge in [-0.05, 0) is 0 Å². The quantitative estimate of drug-likeness (QED) is 0.568. The Morgan fingerprint density at radius 2 is 2.50 bits per heavy atom. The van der Waals surface area contributed by atoms with E-state index in [4.69, 9.17) is 9.83 Å². The zero-order valence-corrected chi connectivity index (χ0v) is 5.11. The van der Waals surface area contributed by atoms with Crippen LogP contribution >= 0.6 is 0 Å². The molecule has 4 nitrogen and oxygen atoms in total. The molecule has 0 radical (unpaired) electrons. The minimum Gasteiger partial charge on any atom is -0.421 e. The molecular weight excluding hydrogens is 130 g/mol. The summed E-state index contributed by atoms with van der Waals surface area (Å²) in [7, 11) is 0. The normalized spacial score (nSPS) is 10.4. The van der Waals surface area contributed by atoms with E-state index in [-0.39, 0.29) is 5.55 Å². The van der Waals surface area contributed by atoms with Crippen LogP contribution in [0.3, 0.4) is 0 Å². The van der Waals surface area contributed by atoms with Gasteiger partial charge in [0.05, 0.1) is 6.20 Å². The van der Waals surface area contributed by atoms with Gasteiger partial charge in [0.15, 0.2) is 0 Å². The standard InChI is InChI=1S/C6H5N3O/c7-5-1-2-9-4-8-3-6(9)10-5/h1-4,7H. The molecule has 0 aromatic carbocycles. The summed E-state index contributed by atoms with van der Waals surface area (Å²) in [6, 6.07) is 1.56. The highest BCUT2D eigenvalue weighted by atomic mass is 16.3. The second-order valence-electron chi connectivity index (χ2n) is 1.92. The minimum absolute atomic E-state index is 0.146. The van der Waals surface area contributed by atoms with E-state index in [2.05, 4.69) is 4.98 Å². The monoisotopic (exact) mass is 135 g/mol. The number of imidazole rings is 1. The number of nitrogens with one attached hydrogen (secondary N) is 1. The molecular formula is C6H5N3O. The molecule has 0 saturated heterocycles. The number of fused-ring (bicyclic) bond motifs is 1. The molecule has 0 aliphatic rings. The molecule has 2 aromatic rings. The Kier molecular flexibility index (Phi) is 0.887. The van der Waals surface area contributed by atoms with Crippen LogP contribution < -0.4 is 5.55 Å². The molecule has 0 unspecified atom stereocenters. The van der Waals surface area contributed by atoms with E-state index in [0.29, 0.717) is 5.71 Å².